The van der Waals surface area contributed by atoms with Crippen molar-refractivity contribution in [3.05, 3.63) is 29.8 Å². The van der Waals surface area contributed by atoms with Gasteiger partial charge in [-0.05, 0) is 24.0 Å². The van der Waals surface area contributed by atoms with E-state index in [4.69, 9.17) is 4.74 Å². The Hall–Kier alpha value is -1.04. The number of carbonyl (C=O) groups is 1. The average molecular weight is 267 g/mol. The summed E-state index contributed by atoms with van der Waals surface area (Å²) in [5.41, 5.74) is 0.835. The number of hydrogen-bond donors (Lipinski definition) is 1. The van der Waals surface area contributed by atoms with Crippen molar-refractivity contribution in [2.75, 3.05) is 32.6 Å². The summed E-state index contributed by atoms with van der Waals surface area (Å²) in [5, 5.41) is 9.42. The molecule has 1 N–H and O–H groups in total. The molecule has 1 atom stereocenters. The van der Waals surface area contributed by atoms with Crippen LogP contribution in [0.3, 0.4) is 0 Å². The van der Waals surface area contributed by atoms with Crippen LogP contribution in [0.4, 0.5) is 0 Å². The molecular weight excluding hydrogens is 250 g/mol. The van der Waals surface area contributed by atoms with Gasteiger partial charge in [0.2, 0.25) is 0 Å². The van der Waals surface area contributed by atoms with Gasteiger partial charge < -0.3 is 9.84 Å². The zero-order chi connectivity index (χ0) is 13.0. The quantitative estimate of drug-likeness (QED) is 0.844. The molecule has 18 heavy (non-hydrogen) atoms. The van der Waals surface area contributed by atoms with Gasteiger partial charge in [-0.1, -0.05) is 12.1 Å². The molecule has 1 heterocycles. The second-order valence-electron chi connectivity index (χ2n) is 4.16. The summed E-state index contributed by atoms with van der Waals surface area (Å²) >= 11 is 1.65. The van der Waals surface area contributed by atoms with Gasteiger partial charge in [0.1, 0.15) is 6.04 Å². The second-order valence-corrected chi connectivity index (χ2v) is 5.04. The van der Waals surface area contributed by atoms with Crippen molar-refractivity contribution in [1.82, 2.24) is 4.90 Å². The number of morpholine rings is 1. The van der Waals surface area contributed by atoms with Crippen molar-refractivity contribution in [2.24, 2.45) is 0 Å². The number of ether oxygens (including phenoxy) is 1. The smallest absolute Gasteiger partial charge is 0.325 e. The zero-order valence-electron chi connectivity index (χ0n) is 10.3. The van der Waals surface area contributed by atoms with E-state index in [1.807, 2.05) is 35.4 Å². The monoisotopic (exact) mass is 267 g/mol. The highest BCUT2D eigenvalue weighted by molar-refractivity contribution is 7.98. The van der Waals surface area contributed by atoms with E-state index in [-0.39, 0.29) is 0 Å². The van der Waals surface area contributed by atoms with Crippen LogP contribution in [-0.4, -0.2) is 48.5 Å². The van der Waals surface area contributed by atoms with Crippen molar-refractivity contribution in [1.29, 1.82) is 0 Å². The lowest BCUT2D eigenvalue weighted by Gasteiger charge is -2.32. The van der Waals surface area contributed by atoms with Crippen molar-refractivity contribution >= 4 is 17.7 Å². The van der Waals surface area contributed by atoms with E-state index in [1.54, 1.807) is 11.8 Å². The summed E-state index contributed by atoms with van der Waals surface area (Å²) < 4.78 is 5.26. The van der Waals surface area contributed by atoms with Crippen LogP contribution in [-0.2, 0) is 9.53 Å². The SMILES string of the molecule is CSc1ccc(C(C(=O)O)N2CCOCC2)cc1. The lowest BCUT2D eigenvalue weighted by molar-refractivity contribution is -0.145. The number of rotatable bonds is 4. The third-order valence-electron chi connectivity index (χ3n) is 3.08. The molecule has 0 amide bonds. The van der Waals surface area contributed by atoms with E-state index in [2.05, 4.69) is 0 Å². The molecule has 0 spiro atoms. The fourth-order valence-electron chi connectivity index (χ4n) is 2.13. The van der Waals surface area contributed by atoms with Gasteiger partial charge in [0.05, 0.1) is 13.2 Å². The Morgan fingerprint density at radius 2 is 1.94 bits per heavy atom. The number of aliphatic carboxylic acids is 1. The topological polar surface area (TPSA) is 49.8 Å². The van der Waals surface area contributed by atoms with Crippen LogP contribution in [0.25, 0.3) is 0 Å². The molecule has 4 nitrogen and oxygen atoms in total. The highest BCUT2D eigenvalue weighted by Crippen LogP contribution is 2.24. The Morgan fingerprint density at radius 3 is 2.44 bits per heavy atom. The van der Waals surface area contributed by atoms with Gasteiger partial charge in [0, 0.05) is 18.0 Å². The van der Waals surface area contributed by atoms with Gasteiger partial charge >= 0.3 is 5.97 Å². The number of nitrogens with zero attached hydrogens (tertiary/aromatic N) is 1. The van der Waals surface area contributed by atoms with Gasteiger partial charge in [-0.3, -0.25) is 9.69 Å². The molecule has 1 aliphatic heterocycles. The lowest BCUT2D eigenvalue weighted by Crippen LogP contribution is -2.42. The molecule has 1 saturated heterocycles. The van der Waals surface area contributed by atoms with Gasteiger partial charge in [-0.25, -0.2) is 0 Å². The van der Waals surface area contributed by atoms with E-state index in [1.165, 1.54) is 0 Å². The van der Waals surface area contributed by atoms with E-state index in [9.17, 15) is 9.90 Å². The molecular formula is C13H17NO3S. The molecule has 0 aromatic heterocycles. The summed E-state index contributed by atoms with van der Waals surface area (Å²) in [6, 6.07) is 7.18. The van der Waals surface area contributed by atoms with Crippen LogP contribution in [0.2, 0.25) is 0 Å². The van der Waals surface area contributed by atoms with Crippen LogP contribution in [0.15, 0.2) is 29.2 Å². The van der Waals surface area contributed by atoms with Crippen LogP contribution >= 0.6 is 11.8 Å². The first-order valence-corrected chi connectivity index (χ1v) is 7.13. The molecule has 0 aliphatic carbocycles. The molecule has 1 aromatic carbocycles. The van der Waals surface area contributed by atoms with Crippen LogP contribution < -0.4 is 0 Å². The maximum Gasteiger partial charge on any atom is 0.325 e. The number of carboxylic acid groups (broad SMARTS) is 1. The fraction of sp³-hybridized carbons (Fsp3) is 0.462. The van der Waals surface area contributed by atoms with E-state index in [0.717, 1.165) is 10.5 Å². The Balaban J connectivity index is 2.20. The summed E-state index contributed by atoms with van der Waals surface area (Å²) in [4.78, 5) is 14.6. The van der Waals surface area contributed by atoms with Gasteiger partial charge in [0.25, 0.3) is 0 Å². The van der Waals surface area contributed by atoms with Gasteiger partial charge in [-0.2, -0.15) is 0 Å². The number of carboxylic acids is 1. The largest absolute Gasteiger partial charge is 0.480 e. The van der Waals surface area contributed by atoms with Gasteiger partial charge in [0.15, 0.2) is 0 Å². The van der Waals surface area contributed by atoms with Crippen LogP contribution in [0.1, 0.15) is 11.6 Å². The fourth-order valence-corrected chi connectivity index (χ4v) is 2.54. The third kappa shape index (κ3) is 3.04. The van der Waals surface area contributed by atoms with Crippen LogP contribution in [0.5, 0.6) is 0 Å². The Labute approximate surface area is 111 Å². The Kier molecular flexibility index (Phi) is 4.63. The molecule has 1 aliphatic rings. The highest BCUT2D eigenvalue weighted by atomic mass is 32.2. The highest BCUT2D eigenvalue weighted by Gasteiger charge is 2.28. The molecule has 1 aromatic rings. The molecule has 5 heteroatoms. The van der Waals surface area contributed by atoms with E-state index >= 15 is 0 Å². The van der Waals surface area contributed by atoms with Crippen molar-refractivity contribution < 1.29 is 14.6 Å². The zero-order valence-corrected chi connectivity index (χ0v) is 11.2. The molecule has 1 fully saturated rings. The maximum atomic E-state index is 11.5. The predicted octanol–water partition coefficient (Wildman–Crippen LogP) is 1.87. The number of benzene rings is 1. The first-order chi connectivity index (χ1) is 8.72. The predicted molar refractivity (Wildman–Crippen MR) is 71.0 cm³/mol. The van der Waals surface area contributed by atoms with Crippen molar-refractivity contribution in [2.45, 2.75) is 10.9 Å². The average Bonchev–Trinajstić information content (AvgIpc) is 2.40. The minimum atomic E-state index is -0.797. The second kappa shape index (κ2) is 6.22. The van der Waals surface area contributed by atoms with Crippen molar-refractivity contribution in [3.63, 3.8) is 0 Å². The van der Waals surface area contributed by atoms with E-state index in [0.29, 0.717) is 26.3 Å². The normalized spacial score (nSPS) is 18.5. The summed E-state index contributed by atoms with van der Waals surface area (Å²) in [6.07, 6.45) is 2.01. The maximum absolute atomic E-state index is 11.5. The van der Waals surface area contributed by atoms with E-state index < -0.39 is 12.0 Å². The van der Waals surface area contributed by atoms with Crippen LogP contribution in [0, 0.1) is 0 Å². The Morgan fingerprint density at radius 1 is 1.33 bits per heavy atom. The minimum absolute atomic E-state index is 0.565. The summed E-state index contributed by atoms with van der Waals surface area (Å²) in [6.45, 7) is 2.54. The molecule has 0 saturated carbocycles. The molecule has 2 rings (SSSR count). The van der Waals surface area contributed by atoms with Gasteiger partial charge in [-0.15, -0.1) is 11.8 Å². The number of thioether (sulfide) groups is 1. The first-order valence-electron chi connectivity index (χ1n) is 5.91. The molecule has 98 valence electrons. The number of hydrogen-bond acceptors (Lipinski definition) is 4. The molecule has 0 radical (unpaired) electrons. The Bertz CT molecular complexity index is 401. The summed E-state index contributed by atoms with van der Waals surface area (Å²) in [5.74, 6) is -0.797. The minimum Gasteiger partial charge on any atom is -0.480 e. The lowest BCUT2D eigenvalue weighted by atomic mass is 10.1. The first kappa shape index (κ1) is 13.4. The molecule has 1 unspecified atom stereocenters. The standard InChI is InChI=1S/C13H17NO3S/c1-18-11-4-2-10(3-5-11)12(13(15)16)14-6-8-17-9-7-14/h2-5,12H,6-9H2,1H3,(H,15,16). The summed E-state index contributed by atoms with van der Waals surface area (Å²) in [7, 11) is 0. The van der Waals surface area contributed by atoms with Crippen molar-refractivity contribution in [3.8, 4) is 0 Å². The molecule has 0 bridgehead atoms. The third-order valence-corrected chi connectivity index (χ3v) is 3.82.